The largest absolute Gasteiger partial charge is 0.394 e. The second kappa shape index (κ2) is 6.53. The van der Waals surface area contributed by atoms with Crippen LogP contribution in [0.2, 0.25) is 0 Å². The number of hydrogen-bond donors (Lipinski definition) is 4. The van der Waals surface area contributed by atoms with Gasteiger partial charge in [-0.25, -0.2) is 4.79 Å². The van der Waals surface area contributed by atoms with Crippen molar-refractivity contribution in [2.75, 3.05) is 6.61 Å². The van der Waals surface area contributed by atoms with Crippen LogP contribution in [0.15, 0.2) is 15.8 Å². The maximum atomic E-state index is 11.9. The fraction of sp³-hybridized carbons (Fsp3) is 0.615. The summed E-state index contributed by atoms with van der Waals surface area (Å²) in [6, 6.07) is 0. The molecule has 0 amide bonds. The number of carbonyl (C=O) groups is 1. The molecule has 2 unspecified atom stereocenters. The van der Waals surface area contributed by atoms with Gasteiger partial charge in [0.15, 0.2) is 6.23 Å². The number of ether oxygens (including phenoxy) is 1. The summed E-state index contributed by atoms with van der Waals surface area (Å²) in [4.78, 5) is 36.7. The summed E-state index contributed by atoms with van der Waals surface area (Å²) < 4.78 is 6.19. The molecule has 2 heterocycles. The minimum absolute atomic E-state index is 0.106. The number of hydrogen-bond acceptors (Lipinski definition) is 7. The third-order valence-electron chi connectivity index (χ3n) is 3.58. The zero-order valence-electron chi connectivity index (χ0n) is 11.9. The molecule has 1 fully saturated rings. The zero-order valence-corrected chi connectivity index (χ0v) is 11.9. The van der Waals surface area contributed by atoms with Crippen LogP contribution in [0.5, 0.6) is 0 Å². The maximum absolute atomic E-state index is 11.9. The Morgan fingerprint density at radius 3 is 2.59 bits per heavy atom. The van der Waals surface area contributed by atoms with E-state index in [0.717, 1.165) is 4.57 Å². The van der Waals surface area contributed by atoms with Crippen molar-refractivity contribution < 1.29 is 24.9 Å². The topological polar surface area (TPSA) is 142 Å². The summed E-state index contributed by atoms with van der Waals surface area (Å²) >= 11 is 0. The highest BCUT2D eigenvalue weighted by Crippen LogP contribution is 2.27. The van der Waals surface area contributed by atoms with Crippen LogP contribution < -0.4 is 11.2 Å². The molecule has 22 heavy (non-hydrogen) atoms. The summed E-state index contributed by atoms with van der Waals surface area (Å²) in [5.74, 6) is -0.106. The van der Waals surface area contributed by atoms with Crippen molar-refractivity contribution in [3.8, 4) is 0 Å². The second-order valence-electron chi connectivity index (χ2n) is 5.25. The zero-order chi connectivity index (χ0) is 16.4. The minimum atomic E-state index is -1.43. The Hall–Kier alpha value is -1.81. The van der Waals surface area contributed by atoms with Crippen LogP contribution in [0.4, 0.5) is 0 Å². The Morgan fingerprint density at radius 1 is 1.36 bits per heavy atom. The molecule has 0 aromatic carbocycles. The first-order valence-electron chi connectivity index (χ1n) is 6.81. The van der Waals surface area contributed by atoms with E-state index in [4.69, 9.17) is 9.84 Å². The van der Waals surface area contributed by atoms with Crippen molar-refractivity contribution in [2.24, 2.45) is 0 Å². The Morgan fingerprint density at radius 2 is 2.05 bits per heavy atom. The molecule has 1 aromatic rings. The number of aromatic amines is 1. The quantitative estimate of drug-likeness (QED) is 0.477. The summed E-state index contributed by atoms with van der Waals surface area (Å²) in [5.41, 5.74) is -1.24. The average molecular weight is 314 g/mol. The molecule has 9 nitrogen and oxygen atoms in total. The molecule has 0 bridgehead atoms. The van der Waals surface area contributed by atoms with Crippen molar-refractivity contribution >= 4 is 5.78 Å². The van der Waals surface area contributed by atoms with Gasteiger partial charge in [0.25, 0.3) is 5.56 Å². The minimum Gasteiger partial charge on any atom is -0.394 e. The number of nitrogens with zero attached hydrogens (tertiary/aromatic N) is 1. The highest BCUT2D eigenvalue weighted by Gasteiger charge is 2.43. The van der Waals surface area contributed by atoms with E-state index in [-0.39, 0.29) is 24.2 Å². The first kappa shape index (κ1) is 16.6. The number of rotatable bonds is 5. The van der Waals surface area contributed by atoms with E-state index in [2.05, 4.69) is 4.98 Å². The fourth-order valence-corrected chi connectivity index (χ4v) is 2.31. The highest BCUT2D eigenvalue weighted by atomic mass is 16.6. The van der Waals surface area contributed by atoms with Crippen LogP contribution in [0.3, 0.4) is 0 Å². The third-order valence-corrected chi connectivity index (χ3v) is 3.58. The van der Waals surface area contributed by atoms with Crippen molar-refractivity contribution in [3.63, 3.8) is 0 Å². The van der Waals surface area contributed by atoms with Crippen LogP contribution in [0.1, 0.15) is 25.1 Å². The first-order chi connectivity index (χ1) is 10.3. The average Bonchev–Trinajstić information content (AvgIpc) is 2.74. The van der Waals surface area contributed by atoms with Gasteiger partial charge < -0.3 is 24.9 Å². The van der Waals surface area contributed by atoms with Crippen molar-refractivity contribution in [3.05, 3.63) is 32.6 Å². The lowest BCUT2D eigenvalue weighted by Gasteiger charge is -2.17. The maximum Gasteiger partial charge on any atom is 0.330 e. The molecule has 122 valence electrons. The number of H-pyrrole nitrogens is 1. The lowest BCUT2D eigenvalue weighted by molar-refractivity contribution is -0.116. The van der Waals surface area contributed by atoms with Gasteiger partial charge in [0.2, 0.25) is 0 Å². The number of aryl methyl sites for hydroxylation is 1. The molecule has 4 atom stereocenters. The van der Waals surface area contributed by atoms with Crippen molar-refractivity contribution in [2.45, 2.75) is 44.3 Å². The summed E-state index contributed by atoms with van der Waals surface area (Å²) in [6.45, 7) is 0.861. The Kier molecular flexibility index (Phi) is 4.91. The molecule has 2 rings (SSSR count). The molecule has 1 aliphatic rings. The monoisotopic (exact) mass is 314 g/mol. The summed E-state index contributed by atoms with van der Waals surface area (Å²) in [5, 5.41) is 28.7. The smallest absolute Gasteiger partial charge is 0.330 e. The molecule has 1 saturated heterocycles. The van der Waals surface area contributed by atoms with Gasteiger partial charge in [0.05, 0.1) is 6.61 Å². The lowest BCUT2D eigenvalue weighted by atomic mass is 10.1. The number of carbonyl (C=O) groups excluding carboxylic acids is 1. The van der Waals surface area contributed by atoms with Gasteiger partial charge in [0, 0.05) is 18.2 Å². The van der Waals surface area contributed by atoms with E-state index in [1.54, 1.807) is 0 Å². The number of aliphatic hydroxyl groups is 3. The molecular weight excluding hydrogens is 296 g/mol. The number of Topliss-reactive ketones (excluding diaryl/α,β-unsaturated/α-hetero) is 1. The number of aromatic nitrogens is 2. The van der Waals surface area contributed by atoms with Gasteiger partial charge in [-0.2, -0.15) is 0 Å². The first-order valence-corrected chi connectivity index (χ1v) is 6.81. The predicted molar refractivity (Wildman–Crippen MR) is 73.3 cm³/mol. The highest BCUT2D eigenvalue weighted by molar-refractivity contribution is 5.75. The molecule has 0 saturated carbocycles. The van der Waals surface area contributed by atoms with E-state index in [9.17, 15) is 24.6 Å². The van der Waals surface area contributed by atoms with Gasteiger partial charge in [-0.3, -0.25) is 14.3 Å². The van der Waals surface area contributed by atoms with Crippen molar-refractivity contribution in [1.29, 1.82) is 0 Å². The molecule has 1 aliphatic heterocycles. The van der Waals surface area contributed by atoms with Crippen molar-refractivity contribution in [1.82, 2.24) is 9.55 Å². The van der Waals surface area contributed by atoms with Crippen LogP contribution in [-0.4, -0.2) is 55.6 Å². The standard InChI is InChI=1S/C13H18N2O7/c1-6(17)2-3-7-4-15(13(21)14-11(7)20)12-10(19)9(18)8(5-16)22-12/h4,8-10,12,16,18-19H,2-3,5H2,1H3,(H,14,20,21)/t8-,9?,10?,12-/m0/s1. The Balaban J connectivity index is 2.35. The molecule has 4 N–H and O–H groups in total. The molecular formula is C13H18N2O7. The van der Waals surface area contributed by atoms with Gasteiger partial charge in [0.1, 0.15) is 24.1 Å². The van der Waals surface area contributed by atoms with Crippen LogP contribution >= 0.6 is 0 Å². The van der Waals surface area contributed by atoms with E-state index >= 15 is 0 Å². The molecule has 0 spiro atoms. The predicted octanol–water partition coefficient (Wildman–Crippen LogP) is -2.33. The number of ketones is 1. The van der Waals surface area contributed by atoms with Gasteiger partial charge in [-0.1, -0.05) is 0 Å². The molecule has 9 heteroatoms. The van der Waals surface area contributed by atoms with Crippen LogP contribution in [-0.2, 0) is 16.0 Å². The van der Waals surface area contributed by atoms with E-state index in [1.807, 2.05) is 0 Å². The van der Waals surface area contributed by atoms with E-state index < -0.39 is 42.4 Å². The fourth-order valence-electron chi connectivity index (χ4n) is 2.31. The Bertz CT molecular complexity index is 665. The number of aliphatic hydroxyl groups excluding tert-OH is 3. The SMILES string of the molecule is CC(=O)CCc1cn([C@H]2O[C@@H](CO)C(O)C2O)c(=O)[nH]c1=O. The van der Waals surface area contributed by atoms with Gasteiger partial charge in [-0.15, -0.1) is 0 Å². The molecule has 0 radical (unpaired) electrons. The van der Waals surface area contributed by atoms with E-state index in [1.165, 1.54) is 13.1 Å². The molecule has 1 aromatic heterocycles. The van der Waals surface area contributed by atoms with E-state index in [0.29, 0.717) is 0 Å². The van der Waals surface area contributed by atoms with Crippen LogP contribution in [0, 0.1) is 0 Å². The normalized spacial score (nSPS) is 28.0. The summed E-state index contributed by atoms with van der Waals surface area (Å²) in [6.07, 6.45) is -3.57. The molecule has 0 aliphatic carbocycles. The Labute approximate surface area is 124 Å². The van der Waals surface area contributed by atoms with Gasteiger partial charge in [-0.05, 0) is 13.3 Å². The second-order valence-corrected chi connectivity index (χ2v) is 5.25. The van der Waals surface area contributed by atoms with Crippen LogP contribution in [0.25, 0.3) is 0 Å². The third kappa shape index (κ3) is 3.17. The van der Waals surface area contributed by atoms with Gasteiger partial charge >= 0.3 is 5.69 Å². The summed E-state index contributed by atoms with van der Waals surface area (Å²) in [7, 11) is 0. The number of nitrogens with one attached hydrogen (secondary N) is 1. The lowest BCUT2D eigenvalue weighted by Crippen LogP contribution is -2.39.